The number of hydrogen-bond acceptors (Lipinski definition) is 2. The quantitative estimate of drug-likeness (QED) is 0.845. The van der Waals surface area contributed by atoms with E-state index in [4.69, 9.17) is 0 Å². The van der Waals surface area contributed by atoms with Gasteiger partial charge in [0.05, 0.1) is 12.1 Å². The van der Waals surface area contributed by atoms with Crippen LogP contribution >= 0.6 is 0 Å². The molecule has 1 rings (SSSR count). The van der Waals surface area contributed by atoms with Gasteiger partial charge in [0.25, 0.3) is 0 Å². The first-order valence-corrected chi connectivity index (χ1v) is 7.66. The Balaban J connectivity index is 2.79. The lowest BCUT2D eigenvalue weighted by Gasteiger charge is -2.30. The van der Waals surface area contributed by atoms with E-state index in [1.807, 2.05) is 20.8 Å². The van der Waals surface area contributed by atoms with Gasteiger partial charge in [-0.25, -0.2) is 4.79 Å². The molecule has 0 aliphatic carbocycles. The summed E-state index contributed by atoms with van der Waals surface area (Å²) in [5.74, 6) is 0. The molecule has 21 heavy (non-hydrogen) atoms. The number of aliphatic hydroxyl groups is 1. The van der Waals surface area contributed by atoms with Crippen LogP contribution in [0, 0.1) is 6.92 Å². The zero-order valence-electron chi connectivity index (χ0n) is 13.8. The van der Waals surface area contributed by atoms with Crippen molar-refractivity contribution in [1.29, 1.82) is 0 Å². The molecular formula is C17H28N2O2. The SMILES string of the molecule is CCC(NC(=O)N(CC(C)O)C(C)C)c1ccc(C)cc1. The number of aliphatic hydroxyl groups excluding tert-OH is 1. The van der Waals surface area contributed by atoms with Crippen LogP contribution in [0.25, 0.3) is 0 Å². The fourth-order valence-corrected chi connectivity index (χ4v) is 2.26. The van der Waals surface area contributed by atoms with E-state index in [0.29, 0.717) is 6.54 Å². The molecule has 2 atom stereocenters. The zero-order chi connectivity index (χ0) is 16.0. The minimum absolute atomic E-state index is 0.00616. The van der Waals surface area contributed by atoms with Gasteiger partial charge in [-0.05, 0) is 39.7 Å². The van der Waals surface area contributed by atoms with Crippen LogP contribution in [0.3, 0.4) is 0 Å². The molecule has 1 aromatic carbocycles. The molecule has 0 radical (unpaired) electrons. The lowest BCUT2D eigenvalue weighted by Crippen LogP contribution is -2.47. The Hall–Kier alpha value is -1.55. The monoisotopic (exact) mass is 292 g/mol. The van der Waals surface area contributed by atoms with Gasteiger partial charge >= 0.3 is 6.03 Å². The molecule has 0 heterocycles. The predicted octanol–water partition coefficient (Wildman–Crippen LogP) is 3.25. The molecule has 0 bridgehead atoms. The van der Waals surface area contributed by atoms with Crippen molar-refractivity contribution in [3.05, 3.63) is 35.4 Å². The molecule has 4 heteroatoms. The highest BCUT2D eigenvalue weighted by Crippen LogP contribution is 2.18. The number of urea groups is 1. The largest absolute Gasteiger partial charge is 0.392 e. The minimum Gasteiger partial charge on any atom is -0.392 e. The van der Waals surface area contributed by atoms with Crippen molar-refractivity contribution in [1.82, 2.24) is 10.2 Å². The fourth-order valence-electron chi connectivity index (χ4n) is 2.26. The van der Waals surface area contributed by atoms with E-state index in [0.717, 1.165) is 12.0 Å². The maximum Gasteiger partial charge on any atom is 0.318 e. The van der Waals surface area contributed by atoms with Crippen LogP contribution in [0.4, 0.5) is 4.79 Å². The summed E-state index contributed by atoms with van der Waals surface area (Å²) in [5, 5.41) is 12.6. The number of carbonyl (C=O) groups excluding carboxylic acids is 1. The van der Waals surface area contributed by atoms with Crippen LogP contribution < -0.4 is 5.32 Å². The average molecular weight is 292 g/mol. The van der Waals surface area contributed by atoms with Gasteiger partial charge in [-0.15, -0.1) is 0 Å². The van der Waals surface area contributed by atoms with Crippen LogP contribution in [0.15, 0.2) is 24.3 Å². The summed E-state index contributed by atoms with van der Waals surface area (Å²) in [6.45, 7) is 10.0. The number of benzene rings is 1. The van der Waals surface area contributed by atoms with Crippen molar-refractivity contribution in [2.75, 3.05) is 6.54 Å². The van der Waals surface area contributed by atoms with E-state index >= 15 is 0 Å². The van der Waals surface area contributed by atoms with Crippen molar-refractivity contribution < 1.29 is 9.90 Å². The Morgan fingerprint density at radius 3 is 2.24 bits per heavy atom. The first kappa shape index (κ1) is 17.5. The molecule has 0 saturated carbocycles. The Morgan fingerprint density at radius 1 is 1.24 bits per heavy atom. The molecular weight excluding hydrogens is 264 g/mol. The van der Waals surface area contributed by atoms with E-state index in [-0.39, 0.29) is 18.1 Å². The maximum atomic E-state index is 12.4. The normalized spacial score (nSPS) is 13.9. The topological polar surface area (TPSA) is 52.6 Å². The van der Waals surface area contributed by atoms with E-state index in [2.05, 4.69) is 36.5 Å². The number of carbonyl (C=O) groups is 1. The summed E-state index contributed by atoms with van der Waals surface area (Å²) < 4.78 is 0. The molecule has 2 unspecified atom stereocenters. The first-order chi connectivity index (χ1) is 9.85. The predicted molar refractivity (Wildman–Crippen MR) is 86.3 cm³/mol. The van der Waals surface area contributed by atoms with E-state index in [9.17, 15) is 9.90 Å². The summed E-state index contributed by atoms with van der Waals surface area (Å²) in [6.07, 6.45) is 0.299. The van der Waals surface area contributed by atoms with Gasteiger partial charge in [-0.1, -0.05) is 36.8 Å². The van der Waals surface area contributed by atoms with E-state index in [1.54, 1.807) is 11.8 Å². The van der Waals surface area contributed by atoms with Crippen molar-refractivity contribution in [3.63, 3.8) is 0 Å². The molecule has 0 aliphatic rings. The molecule has 2 amide bonds. The van der Waals surface area contributed by atoms with Crippen LogP contribution in [0.1, 0.15) is 51.3 Å². The zero-order valence-corrected chi connectivity index (χ0v) is 13.8. The van der Waals surface area contributed by atoms with Gasteiger partial charge in [0.1, 0.15) is 0 Å². The van der Waals surface area contributed by atoms with Crippen molar-refractivity contribution in [2.45, 2.75) is 59.2 Å². The third-order valence-corrected chi connectivity index (χ3v) is 3.53. The highest BCUT2D eigenvalue weighted by Gasteiger charge is 2.21. The number of nitrogens with one attached hydrogen (secondary N) is 1. The van der Waals surface area contributed by atoms with Gasteiger partial charge in [0.2, 0.25) is 0 Å². The van der Waals surface area contributed by atoms with E-state index < -0.39 is 6.10 Å². The van der Waals surface area contributed by atoms with E-state index in [1.165, 1.54) is 5.56 Å². The number of aryl methyl sites for hydroxylation is 1. The first-order valence-electron chi connectivity index (χ1n) is 7.66. The molecule has 0 saturated heterocycles. The van der Waals surface area contributed by atoms with Crippen molar-refractivity contribution >= 4 is 6.03 Å². The molecule has 0 spiro atoms. The summed E-state index contributed by atoms with van der Waals surface area (Å²) in [4.78, 5) is 14.1. The molecule has 0 aliphatic heterocycles. The van der Waals surface area contributed by atoms with Crippen molar-refractivity contribution in [3.8, 4) is 0 Å². The molecule has 0 fully saturated rings. The lowest BCUT2D eigenvalue weighted by molar-refractivity contribution is 0.117. The van der Waals surface area contributed by atoms with Crippen LogP contribution in [-0.2, 0) is 0 Å². The van der Waals surface area contributed by atoms with Gasteiger partial charge in [-0.3, -0.25) is 0 Å². The molecule has 1 aromatic rings. The third kappa shape index (κ3) is 5.38. The summed E-state index contributed by atoms with van der Waals surface area (Å²) in [7, 11) is 0. The standard InChI is InChI=1S/C17H28N2O2/c1-6-16(15-9-7-13(4)8-10-15)18-17(21)19(12(2)3)11-14(5)20/h7-10,12,14,16,20H,6,11H2,1-5H3,(H,18,21). The second-order valence-corrected chi connectivity index (χ2v) is 5.92. The number of hydrogen-bond donors (Lipinski definition) is 2. The second-order valence-electron chi connectivity index (χ2n) is 5.92. The Labute approximate surface area is 128 Å². The number of amides is 2. The molecule has 4 nitrogen and oxygen atoms in total. The second kappa shape index (κ2) is 8.03. The van der Waals surface area contributed by atoms with Crippen LogP contribution in [0.2, 0.25) is 0 Å². The number of rotatable bonds is 6. The highest BCUT2D eigenvalue weighted by molar-refractivity contribution is 5.75. The molecule has 0 aromatic heterocycles. The highest BCUT2D eigenvalue weighted by atomic mass is 16.3. The van der Waals surface area contributed by atoms with Crippen molar-refractivity contribution in [2.24, 2.45) is 0 Å². The van der Waals surface area contributed by atoms with Gasteiger partial charge in [0, 0.05) is 12.6 Å². The third-order valence-electron chi connectivity index (χ3n) is 3.53. The Morgan fingerprint density at radius 2 is 1.81 bits per heavy atom. The Bertz CT molecular complexity index is 441. The smallest absolute Gasteiger partial charge is 0.318 e. The lowest BCUT2D eigenvalue weighted by atomic mass is 10.0. The fraction of sp³-hybridized carbons (Fsp3) is 0.588. The Kier molecular flexibility index (Phi) is 6.69. The minimum atomic E-state index is -0.530. The number of nitrogens with zero attached hydrogens (tertiary/aromatic N) is 1. The van der Waals surface area contributed by atoms with Crippen LogP contribution in [-0.4, -0.2) is 34.7 Å². The average Bonchev–Trinajstić information content (AvgIpc) is 2.42. The maximum absolute atomic E-state index is 12.4. The van der Waals surface area contributed by atoms with Gasteiger partial charge in [0.15, 0.2) is 0 Å². The summed E-state index contributed by atoms with van der Waals surface area (Å²) >= 11 is 0. The molecule has 2 N–H and O–H groups in total. The molecule has 118 valence electrons. The summed E-state index contributed by atoms with van der Waals surface area (Å²) in [5.41, 5.74) is 2.31. The van der Waals surface area contributed by atoms with Gasteiger partial charge < -0.3 is 15.3 Å². The summed E-state index contributed by atoms with van der Waals surface area (Å²) in [6, 6.07) is 8.14. The van der Waals surface area contributed by atoms with Gasteiger partial charge in [-0.2, -0.15) is 0 Å². The van der Waals surface area contributed by atoms with Crippen LogP contribution in [0.5, 0.6) is 0 Å².